The molecule has 2 atom stereocenters. The molecule has 0 aliphatic carbocycles. The molecule has 10 nitrogen and oxygen atoms in total. The minimum atomic E-state index is -0.936. The maximum absolute atomic E-state index is 13.0. The predicted octanol–water partition coefficient (Wildman–Crippen LogP) is 0.319. The summed E-state index contributed by atoms with van der Waals surface area (Å²) < 4.78 is 10.7. The number of hydrogen-bond acceptors (Lipinski definition) is 6. The molecule has 10 heteroatoms. The van der Waals surface area contributed by atoms with Crippen LogP contribution >= 0.6 is 0 Å². The molecular formula is C23H34N4O6. The van der Waals surface area contributed by atoms with E-state index in [9.17, 15) is 19.2 Å². The van der Waals surface area contributed by atoms with Crippen LogP contribution < -0.4 is 20.7 Å². The largest absolute Gasteiger partial charge is 0.491 e. The zero-order valence-electron chi connectivity index (χ0n) is 19.7. The van der Waals surface area contributed by atoms with E-state index in [-0.39, 0.29) is 55.2 Å². The first kappa shape index (κ1) is 26.1. The summed E-state index contributed by atoms with van der Waals surface area (Å²) >= 11 is 0. The van der Waals surface area contributed by atoms with Crippen molar-refractivity contribution < 1.29 is 28.7 Å². The molecule has 0 saturated heterocycles. The number of benzene rings is 1. The summed E-state index contributed by atoms with van der Waals surface area (Å²) in [6, 6.07) is 5.02. The monoisotopic (exact) mass is 462 g/mol. The number of nitrogens with one attached hydrogen (secondary N) is 3. The Morgan fingerprint density at radius 1 is 1.21 bits per heavy atom. The molecule has 182 valence electrons. The number of nitrogens with zero attached hydrogens (tertiary/aromatic N) is 1. The van der Waals surface area contributed by atoms with Gasteiger partial charge < -0.3 is 30.3 Å². The lowest BCUT2D eigenvalue weighted by atomic mass is 10.0. The van der Waals surface area contributed by atoms with Crippen LogP contribution in [-0.4, -0.2) is 81.1 Å². The van der Waals surface area contributed by atoms with Gasteiger partial charge in [0.05, 0.1) is 18.7 Å². The number of fused-ring (bicyclic) bond motifs is 1. The van der Waals surface area contributed by atoms with Gasteiger partial charge in [0, 0.05) is 27.1 Å². The maximum Gasteiger partial charge on any atom is 0.255 e. The predicted molar refractivity (Wildman–Crippen MR) is 122 cm³/mol. The summed E-state index contributed by atoms with van der Waals surface area (Å²) in [6.45, 7) is 4.69. The fourth-order valence-corrected chi connectivity index (χ4v) is 3.38. The normalized spacial score (nSPS) is 20.3. The summed E-state index contributed by atoms with van der Waals surface area (Å²) in [6.07, 6.45) is 0.0344. The maximum atomic E-state index is 13.0. The minimum Gasteiger partial charge on any atom is -0.491 e. The van der Waals surface area contributed by atoms with E-state index in [1.54, 1.807) is 31.3 Å². The molecule has 0 bridgehead atoms. The van der Waals surface area contributed by atoms with Gasteiger partial charge in [-0.15, -0.1) is 0 Å². The van der Waals surface area contributed by atoms with Crippen molar-refractivity contribution in [1.82, 2.24) is 20.9 Å². The molecule has 4 amide bonds. The van der Waals surface area contributed by atoms with Crippen molar-refractivity contribution in [1.29, 1.82) is 0 Å². The number of hydrogen-bond donors (Lipinski definition) is 3. The smallest absolute Gasteiger partial charge is 0.255 e. The molecule has 3 N–H and O–H groups in total. The van der Waals surface area contributed by atoms with Crippen molar-refractivity contribution in [3.8, 4) is 5.75 Å². The van der Waals surface area contributed by atoms with Gasteiger partial charge in [0.1, 0.15) is 24.4 Å². The Morgan fingerprint density at radius 2 is 1.94 bits per heavy atom. The van der Waals surface area contributed by atoms with Gasteiger partial charge in [-0.2, -0.15) is 0 Å². The minimum absolute atomic E-state index is 0.0382. The molecule has 0 fully saturated rings. The summed E-state index contributed by atoms with van der Waals surface area (Å²) in [5.41, 5.74) is 0.264. The topological polar surface area (TPSA) is 126 Å². The van der Waals surface area contributed by atoms with E-state index in [4.69, 9.17) is 9.47 Å². The highest BCUT2D eigenvalue weighted by atomic mass is 16.5. The number of likely N-dealkylation sites (N-methyl/N-ethyl adjacent to an activating group) is 1. The van der Waals surface area contributed by atoms with Crippen molar-refractivity contribution in [2.75, 3.05) is 40.5 Å². The Morgan fingerprint density at radius 3 is 2.64 bits per heavy atom. The second kappa shape index (κ2) is 12.8. The number of carbonyl (C=O) groups excluding carboxylic acids is 4. The lowest BCUT2D eigenvalue weighted by molar-refractivity contribution is -0.133. The van der Waals surface area contributed by atoms with E-state index in [0.717, 1.165) is 0 Å². The number of rotatable bonds is 5. The Bertz CT molecular complexity index is 844. The number of ether oxygens (including phenoxy) is 2. The summed E-state index contributed by atoms with van der Waals surface area (Å²) in [5.74, 6) is -1.30. The van der Waals surface area contributed by atoms with Gasteiger partial charge in [0.2, 0.25) is 17.7 Å². The molecular weight excluding hydrogens is 428 g/mol. The first-order valence-corrected chi connectivity index (χ1v) is 11.1. The van der Waals surface area contributed by atoms with Gasteiger partial charge in [0.25, 0.3) is 5.91 Å². The third kappa shape index (κ3) is 7.74. The highest BCUT2D eigenvalue weighted by Gasteiger charge is 2.28. The highest BCUT2D eigenvalue weighted by molar-refractivity contribution is 5.99. The van der Waals surface area contributed by atoms with Crippen molar-refractivity contribution in [3.63, 3.8) is 0 Å². The van der Waals surface area contributed by atoms with E-state index in [1.165, 1.54) is 12.0 Å². The van der Waals surface area contributed by atoms with Gasteiger partial charge in [-0.05, 0) is 24.5 Å². The molecule has 1 aromatic rings. The SMILES string of the molecule is COCCN(C)C(=O)[C@@H]1CCC(=O)N[C@H](C(C)C)C(=O)NCCOc2ccccc2C(=O)N1. The van der Waals surface area contributed by atoms with Crippen LogP contribution in [0.4, 0.5) is 0 Å². The van der Waals surface area contributed by atoms with E-state index in [2.05, 4.69) is 16.0 Å². The molecule has 0 spiro atoms. The van der Waals surface area contributed by atoms with Crippen LogP contribution in [0.1, 0.15) is 37.0 Å². The number of para-hydroxylation sites is 1. The lowest BCUT2D eigenvalue weighted by Crippen LogP contribution is -2.51. The summed E-state index contributed by atoms with van der Waals surface area (Å²) in [5, 5.41) is 8.24. The number of methoxy groups -OCH3 is 1. The molecule has 1 aromatic carbocycles. The standard InChI is InChI=1S/C23H34N4O6/c1-15(2)20-22(30)24-11-13-33-18-8-6-5-7-16(18)21(29)25-17(9-10-19(28)26-20)23(31)27(3)12-14-32-4/h5-8,15,17,20H,9-14H2,1-4H3,(H,24,30)(H,25,29)(H,26,28)/t17-,20+/m0/s1. The van der Waals surface area contributed by atoms with Gasteiger partial charge in [0.15, 0.2) is 0 Å². The molecule has 33 heavy (non-hydrogen) atoms. The molecule has 2 rings (SSSR count). The quantitative estimate of drug-likeness (QED) is 0.579. The van der Waals surface area contributed by atoms with Crippen molar-refractivity contribution >= 4 is 23.6 Å². The first-order valence-electron chi connectivity index (χ1n) is 11.1. The molecule has 1 aliphatic heterocycles. The van der Waals surface area contributed by atoms with Crippen molar-refractivity contribution in [2.45, 2.75) is 38.8 Å². The average molecular weight is 463 g/mol. The Labute approximate surface area is 194 Å². The fourth-order valence-electron chi connectivity index (χ4n) is 3.38. The van der Waals surface area contributed by atoms with E-state index in [1.807, 2.05) is 13.8 Å². The highest BCUT2D eigenvalue weighted by Crippen LogP contribution is 2.18. The zero-order chi connectivity index (χ0) is 24.4. The second-order valence-electron chi connectivity index (χ2n) is 8.24. The Balaban J connectivity index is 2.31. The van der Waals surface area contributed by atoms with E-state index in [0.29, 0.717) is 18.9 Å². The van der Waals surface area contributed by atoms with Gasteiger partial charge in [-0.3, -0.25) is 19.2 Å². The second-order valence-corrected chi connectivity index (χ2v) is 8.24. The van der Waals surface area contributed by atoms with Gasteiger partial charge in [-0.1, -0.05) is 26.0 Å². The Kier molecular flexibility index (Phi) is 10.1. The summed E-state index contributed by atoms with van der Waals surface area (Å²) in [4.78, 5) is 52.7. The number of carbonyl (C=O) groups is 4. The van der Waals surface area contributed by atoms with Crippen molar-refractivity contribution in [2.24, 2.45) is 5.92 Å². The average Bonchev–Trinajstić information content (AvgIpc) is 2.80. The van der Waals surface area contributed by atoms with E-state index < -0.39 is 18.0 Å². The third-order valence-corrected chi connectivity index (χ3v) is 5.33. The Hall–Kier alpha value is -3.14. The van der Waals surface area contributed by atoms with Crippen LogP contribution in [0.5, 0.6) is 5.75 Å². The van der Waals surface area contributed by atoms with Crippen LogP contribution in [0.15, 0.2) is 24.3 Å². The molecule has 1 heterocycles. The van der Waals surface area contributed by atoms with Crippen LogP contribution in [0.2, 0.25) is 0 Å². The van der Waals surface area contributed by atoms with Gasteiger partial charge in [-0.25, -0.2) is 0 Å². The van der Waals surface area contributed by atoms with Crippen LogP contribution in [0, 0.1) is 5.92 Å². The van der Waals surface area contributed by atoms with Crippen LogP contribution in [0.25, 0.3) is 0 Å². The van der Waals surface area contributed by atoms with E-state index >= 15 is 0 Å². The van der Waals surface area contributed by atoms with Crippen molar-refractivity contribution in [3.05, 3.63) is 29.8 Å². The number of amides is 4. The van der Waals surface area contributed by atoms with Gasteiger partial charge >= 0.3 is 0 Å². The zero-order valence-corrected chi connectivity index (χ0v) is 19.7. The molecule has 0 radical (unpaired) electrons. The summed E-state index contributed by atoms with van der Waals surface area (Å²) in [7, 11) is 3.14. The molecule has 1 aliphatic rings. The molecule has 0 unspecified atom stereocenters. The first-order chi connectivity index (χ1) is 15.7. The molecule has 0 aromatic heterocycles. The molecule has 0 saturated carbocycles. The van der Waals surface area contributed by atoms with Crippen LogP contribution in [0.3, 0.4) is 0 Å². The third-order valence-electron chi connectivity index (χ3n) is 5.33. The lowest BCUT2D eigenvalue weighted by Gasteiger charge is -2.25. The van der Waals surface area contributed by atoms with Crippen LogP contribution in [-0.2, 0) is 19.1 Å². The fraction of sp³-hybridized carbons (Fsp3) is 0.565.